The SMILES string of the molecule is Cn1cc(-c2ccc(F)c(F)c2)nc1CCC(=O)O. The Hall–Kier alpha value is -2.24. The van der Waals surface area contributed by atoms with Crippen LogP contribution in [0.4, 0.5) is 8.78 Å². The van der Waals surface area contributed by atoms with Crippen LogP contribution in [-0.4, -0.2) is 20.6 Å². The Morgan fingerprint density at radius 1 is 1.37 bits per heavy atom. The van der Waals surface area contributed by atoms with Crippen LogP contribution < -0.4 is 0 Å². The van der Waals surface area contributed by atoms with Gasteiger partial charge in [-0.2, -0.15) is 0 Å². The van der Waals surface area contributed by atoms with Gasteiger partial charge in [0.1, 0.15) is 5.82 Å². The van der Waals surface area contributed by atoms with Gasteiger partial charge in [0.05, 0.1) is 12.1 Å². The molecule has 0 aliphatic carbocycles. The fourth-order valence-corrected chi connectivity index (χ4v) is 1.75. The molecule has 0 atom stereocenters. The number of carbonyl (C=O) groups is 1. The summed E-state index contributed by atoms with van der Waals surface area (Å²) in [4.78, 5) is 14.7. The van der Waals surface area contributed by atoms with Crippen molar-refractivity contribution in [3.8, 4) is 11.3 Å². The van der Waals surface area contributed by atoms with Gasteiger partial charge in [-0.15, -0.1) is 0 Å². The number of aliphatic carboxylic acids is 1. The first-order valence-electron chi connectivity index (χ1n) is 5.67. The number of nitrogens with zero attached hydrogens (tertiary/aromatic N) is 2. The first-order valence-corrected chi connectivity index (χ1v) is 5.67. The maximum atomic E-state index is 13.1. The standard InChI is InChI=1S/C13H12F2N2O2/c1-17-7-11(16-12(17)4-5-13(18)19)8-2-3-9(14)10(15)6-8/h2-3,6-7H,4-5H2,1H3,(H,18,19). The Kier molecular flexibility index (Phi) is 3.59. The number of hydrogen-bond acceptors (Lipinski definition) is 2. The van der Waals surface area contributed by atoms with Crippen molar-refractivity contribution < 1.29 is 18.7 Å². The van der Waals surface area contributed by atoms with Crippen LogP contribution in [0.15, 0.2) is 24.4 Å². The van der Waals surface area contributed by atoms with Gasteiger partial charge >= 0.3 is 5.97 Å². The minimum atomic E-state index is -0.935. The van der Waals surface area contributed by atoms with Crippen molar-refractivity contribution in [2.45, 2.75) is 12.8 Å². The molecule has 0 radical (unpaired) electrons. The van der Waals surface area contributed by atoms with Gasteiger partial charge in [0.25, 0.3) is 0 Å². The van der Waals surface area contributed by atoms with Crippen molar-refractivity contribution in [2.75, 3.05) is 0 Å². The summed E-state index contributed by atoms with van der Waals surface area (Å²) in [6.45, 7) is 0. The molecule has 0 aliphatic heterocycles. The lowest BCUT2D eigenvalue weighted by molar-refractivity contribution is -0.137. The fraction of sp³-hybridized carbons (Fsp3) is 0.231. The molecular formula is C13H12F2N2O2. The molecule has 2 aromatic rings. The zero-order chi connectivity index (χ0) is 14.0. The van der Waals surface area contributed by atoms with Crippen molar-refractivity contribution in [3.63, 3.8) is 0 Å². The van der Waals surface area contributed by atoms with Crippen LogP contribution >= 0.6 is 0 Å². The average molecular weight is 266 g/mol. The summed E-state index contributed by atoms with van der Waals surface area (Å²) in [5.41, 5.74) is 0.942. The predicted molar refractivity (Wildman–Crippen MR) is 64.5 cm³/mol. The molecule has 0 amide bonds. The quantitative estimate of drug-likeness (QED) is 0.924. The monoisotopic (exact) mass is 266 g/mol. The third-order valence-corrected chi connectivity index (χ3v) is 2.75. The van der Waals surface area contributed by atoms with Crippen molar-refractivity contribution >= 4 is 5.97 Å². The summed E-state index contributed by atoms with van der Waals surface area (Å²) < 4.78 is 27.7. The minimum absolute atomic E-state index is 0.0257. The van der Waals surface area contributed by atoms with Crippen molar-refractivity contribution in [2.24, 2.45) is 7.05 Å². The van der Waals surface area contributed by atoms with Gasteiger partial charge in [0.2, 0.25) is 0 Å². The Morgan fingerprint density at radius 2 is 2.11 bits per heavy atom. The Bertz CT molecular complexity index is 623. The molecular weight excluding hydrogens is 254 g/mol. The van der Waals surface area contributed by atoms with E-state index in [1.165, 1.54) is 6.07 Å². The Morgan fingerprint density at radius 3 is 2.74 bits per heavy atom. The van der Waals surface area contributed by atoms with E-state index in [0.29, 0.717) is 17.1 Å². The highest BCUT2D eigenvalue weighted by Crippen LogP contribution is 2.21. The number of benzene rings is 1. The molecule has 0 saturated heterocycles. The van der Waals surface area contributed by atoms with Gasteiger partial charge in [-0.25, -0.2) is 13.8 Å². The van der Waals surface area contributed by atoms with Crippen LogP contribution in [0.5, 0.6) is 0 Å². The lowest BCUT2D eigenvalue weighted by atomic mass is 10.1. The van der Waals surface area contributed by atoms with E-state index in [-0.39, 0.29) is 12.8 Å². The summed E-state index contributed by atoms with van der Waals surface area (Å²) >= 11 is 0. The summed E-state index contributed by atoms with van der Waals surface area (Å²) in [6.07, 6.45) is 1.92. The highest BCUT2D eigenvalue weighted by atomic mass is 19.2. The molecule has 0 fully saturated rings. The van der Waals surface area contributed by atoms with Crippen molar-refractivity contribution in [3.05, 3.63) is 41.9 Å². The second-order valence-electron chi connectivity index (χ2n) is 4.18. The fourth-order valence-electron chi connectivity index (χ4n) is 1.75. The second-order valence-corrected chi connectivity index (χ2v) is 4.18. The number of carboxylic acid groups (broad SMARTS) is 1. The van der Waals surface area contributed by atoms with Crippen molar-refractivity contribution in [1.29, 1.82) is 0 Å². The first-order chi connectivity index (χ1) is 8.97. The Balaban J connectivity index is 2.28. The van der Waals surface area contributed by atoms with Gasteiger partial charge in [0, 0.05) is 25.2 Å². The molecule has 6 heteroatoms. The third-order valence-electron chi connectivity index (χ3n) is 2.75. The molecule has 0 spiro atoms. The topological polar surface area (TPSA) is 55.1 Å². The van der Waals surface area contributed by atoms with Crippen LogP contribution in [0.3, 0.4) is 0 Å². The number of aromatic nitrogens is 2. The smallest absolute Gasteiger partial charge is 0.303 e. The molecule has 1 heterocycles. The number of rotatable bonds is 4. The van der Waals surface area contributed by atoms with Crippen molar-refractivity contribution in [1.82, 2.24) is 9.55 Å². The summed E-state index contributed by atoms with van der Waals surface area (Å²) in [5.74, 6) is -2.17. The van der Waals surface area contributed by atoms with Gasteiger partial charge in [0.15, 0.2) is 11.6 Å². The molecule has 0 bridgehead atoms. The molecule has 0 unspecified atom stereocenters. The van der Waals surface area contributed by atoms with E-state index >= 15 is 0 Å². The van der Waals surface area contributed by atoms with Crippen LogP contribution in [0.25, 0.3) is 11.3 Å². The van der Waals surface area contributed by atoms with E-state index in [4.69, 9.17) is 5.11 Å². The van der Waals surface area contributed by atoms with Gasteiger partial charge < -0.3 is 9.67 Å². The zero-order valence-corrected chi connectivity index (χ0v) is 10.2. The first kappa shape index (κ1) is 13.2. The van der Waals surface area contributed by atoms with Gasteiger partial charge in [-0.1, -0.05) is 0 Å². The number of hydrogen-bond donors (Lipinski definition) is 1. The number of aryl methyl sites for hydroxylation is 2. The lowest BCUT2D eigenvalue weighted by Crippen LogP contribution is -2.02. The van der Waals surface area contributed by atoms with Gasteiger partial charge in [-0.05, 0) is 18.2 Å². The van der Waals surface area contributed by atoms with Crippen LogP contribution in [0.2, 0.25) is 0 Å². The normalized spacial score (nSPS) is 10.7. The highest BCUT2D eigenvalue weighted by Gasteiger charge is 2.11. The summed E-state index contributed by atoms with van der Waals surface area (Å²) in [7, 11) is 1.73. The number of imidazole rings is 1. The molecule has 19 heavy (non-hydrogen) atoms. The van der Waals surface area contributed by atoms with Crippen LogP contribution in [-0.2, 0) is 18.3 Å². The number of carboxylic acids is 1. The van der Waals surface area contributed by atoms with Crippen LogP contribution in [0, 0.1) is 11.6 Å². The molecule has 1 aromatic heterocycles. The van der Waals surface area contributed by atoms with E-state index in [2.05, 4.69) is 4.98 Å². The minimum Gasteiger partial charge on any atom is -0.481 e. The van der Waals surface area contributed by atoms with E-state index in [1.807, 2.05) is 0 Å². The molecule has 0 saturated carbocycles. The van der Waals surface area contributed by atoms with E-state index in [9.17, 15) is 13.6 Å². The van der Waals surface area contributed by atoms with E-state index < -0.39 is 17.6 Å². The Labute approximate surface area is 108 Å². The molecule has 4 nitrogen and oxygen atoms in total. The predicted octanol–water partition coefficient (Wildman–Crippen LogP) is 2.38. The van der Waals surface area contributed by atoms with Crippen LogP contribution in [0.1, 0.15) is 12.2 Å². The maximum absolute atomic E-state index is 13.1. The van der Waals surface area contributed by atoms with E-state index in [0.717, 1.165) is 12.1 Å². The van der Waals surface area contributed by atoms with E-state index in [1.54, 1.807) is 17.8 Å². The molecule has 0 aliphatic rings. The summed E-state index contributed by atoms with van der Waals surface area (Å²) in [6, 6.07) is 3.54. The largest absolute Gasteiger partial charge is 0.481 e. The second kappa shape index (κ2) is 5.17. The summed E-state index contributed by atoms with van der Waals surface area (Å²) in [5, 5.41) is 8.63. The number of halogens is 2. The maximum Gasteiger partial charge on any atom is 0.303 e. The zero-order valence-electron chi connectivity index (χ0n) is 10.2. The third kappa shape index (κ3) is 2.96. The molecule has 1 N–H and O–H groups in total. The average Bonchev–Trinajstić information content (AvgIpc) is 2.71. The molecule has 1 aromatic carbocycles. The highest BCUT2D eigenvalue weighted by molar-refractivity contribution is 5.67. The molecule has 2 rings (SSSR count). The lowest BCUT2D eigenvalue weighted by Gasteiger charge is -1.97. The van der Waals surface area contributed by atoms with Gasteiger partial charge in [-0.3, -0.25) is 4.79 Å². The molecule has 100 valence electrons.